The summed E-state index contributed by atoms with van der Waals surface area (Å²) >= 11 is 0. The van der Waals surface area contributed by atoms with Crippen LogP contribution in [0.5, 0.6) is 0 Å². The van der Waals surface area contributed by atoms with Crippen LogP contribution in [-0.4, -0.2) is 39.1 Å². The number of ether oxygens (including phenoxy) is 1. The molecule has 1 amide bonds. The third kappa shape index (κ3) is 3.12. The number of rotatable bonds is 2. The van der Waals surface area contributed by atoms with Gasteiger partial charge in [0.25, 0.3) is 0 Å². The van der Waals surface area contributed by atoms with Gasteiger partial charge in [0.05, 0.1) is 15.0 Å². The topological polar surface area (TPSA) is 70.5 Å². The summed E-state index contributed by atoms with van der Waals surface area (Å²) in [5, 5.41) is -0.322. The minimum Gasteiger partial charge on any atom is -0.444 e. The standard InChI is InChI=1S/C14H20N2O3S/c1-14(2,3)19-13(17)16-9-12(10-16)20(15,18)11-7-5-4-6-8-11/h4-8,12,15H,9-10H2,1-3H3. The highest BCUT2D eigenvalue weighted by Gasteiger charge is 2.39. The molecule has 20 heavy (non-hydrogen) atoms. The number of benzene rings is 1. The van der Waals surface area contributed by atoms with E-state index in [1.165, 1.54) is 4.90 Å². The van der Waals surface area contributed by atoms with Gasteiger partial charge in [-0.2, -0.15) is 0 Å². The van der Waals surface area contributed by atoms with Gasteiger partial charge >= 0.3 is 6.09 Å². The lowest BCUT2D eigenvalue weighted by Gasteiger charge is -2.40. The monoisotopic (exact) mass is 296 g/mol. The van der Waals surface area contributed by atoms with Crippen LogP contribution in [0.3, 0.4) is 0 Å². The summed E-state index contributed by atoms with van der Waals surface area (Å²) in [6.45, 7) is 6.04. The molecule has 110 valence electrons. The van der Waals surface area contributed by atoms with Gasteiger partial charge in [-0.3, -0.25) is 0 Å². The van der Waals surface area contributed by atoms with Crippen molar-refractivity contribution < 1.29 is 13.7 Å². The highest BCUT2D eigenvalue weighted by atomic mass is 32.2. The molecule has 6 heteroatoms. The van der Waals surface area contributed by atoms with Crippen LogP contribution in [0.25, 0.3) is 0 Å². The first-order chi connectivity index (χ1) is 9.20. The molecule has 0 saturated carbocycles. The average molecular weight is 296 g/mol. The van der Waals surface area contributed by atoms with Gasteiger partial charge in [-0.05, 0) is 32.9 Å². The Kier molecular flexibility index (Phi) is 3.77. The first-order valence-corrected chi connectivity index (χ1v) is 8.13. The molecule has 0 spiro atoms. The lowest BCUT2D eigenvalue weighted by atomic mass is 10.2. The normalized spacial score (nSPS) is 19.1. The van der Waals surface area contributed by atoms with E-state index in [-0.39, 0.29) is 5.25 Å². The van der Waals surface area contributed by atoms with Crippen LogP contribution in [0.4, 0.5) is 4.79 Å². The molecular formula is C14H20N2O3S. The fraction of sp³-hybridized carbons (Fsp3) is 0.500. The fourth-order valence-corrected chi connectivity index (χ4v) is 3.66. The van der Waals surface area contributed by atoms with E-state index in [2.05, 4.69) is 0 Å². The molecule has 1 fully saturated rings. The zero-order valence-corrected chi connectivity index (χ0v) is 12.8. The zero-order valence-electron chi connectivity index (χ0n) is 12.0. The van der Waals surface area contributed by atoms with E-state index in [4.69, 9.17) is 9.52 Å². The fourth-order valence-electron chi connectivity index (χ4n) is 1.94. The quantitative estimate of drug-likeness (QED) is 0.912. The Labute approximate surface area is 119 Å². The maximum Gasteiger partial charge on any atom is 0.410 e. The van der Waals surface area contributed by atoms with Gasteiger partial charge in [0, 0.05) is 18.0 Å². The Morgan fingerprint density at radius 1 is 1.30 bits per heavy atom. The van der Waals surface area contributed by atoms with E-state index >= 15 is 0 Å². The van der Waals surface area contributed by atoms with Crippen LogP contribution in [0.15, 0.2) is 35.2 Å². The van der Waals surface area contributed by atoms with Crippen molar-refractivity contribution in [3.63, 3.8) is 0 Å². The van der Waals surface area contributed by atoms with Crippen molar-refractivity contribution in [3.8, 4) is 0 Å². The number of hydrogen-bond acceptors (Lipinski definition) is 4. The summed E-state index contributed by atoms with van der Waals surface area (Å²) in [4.78, 5) is 13.8. The molecule has 1 aliphatic heterocycles. The van der Waals surface area contributed by atoms with Crippen LogP contribution in [0.1, 0.15) is 20.8 Å². The van der Waals surface area contributed by atoms with E-state index in [0.29, 0.717) is 18.0 Å². The Morgan fingerprint density at radius 2 is 1.85 bits per heavy atom. The van der Waals surface area contributed by atoms with Crippen molar-refractivity contribution in [3.05, 3.63) is 30.3 Å². The van der Waals surface area contributed by atoms with Crippen LogP contribution in [0.2, 0.25) is 0 Å². The molecule has 0 radical (unpaired) electrons. The van der Waals surface area contributed by atoms with Gasteiger partial charge in [0.1, 0.15) is 5.60 Å². The maximum atomic E-state index is 12.5. The second kappa shape index (κ2) is 5.09. The third-order valence-electron chi connectivity index (χ3n) is 3.06. The summed E-state index contributed by atoms with van der Waals surface area (Å²) in [7, 11) is -2.86. The van der Waals surface area contributed by atoms with Gasteiger partial charge < -0.3 is 9.64 Å². The number of carbonyl (C=O) groups is 1. The molecule has 0 bridgehead atoms. The zero-order chi connectivity index (χ0) is 15.0. The predicted molar refractivity (Wildman–Crippen MR) is 77.2 cm³/mol. The molecular weight excluding hydrogens is 276 g/mol. The van der Waals surface area contributed by atoms with Gasteiger partial charge in [-0.15, -0.1) is 0 Å². The molecule has 1 heterocycles. The Bertz CT molecular complexity index is 585. The second-order valence-corrected chi connectivity index (χ2v) is 8.26. The maximum absolute atomic E-state index is 12.5. The smallest absolute Gasteiger partial charge is 0.410 e. The molecule has 1 saturated heterocycles. The number of nitrogens with one attached hydrogen (secondary N) is 1. The van der Waals surface area contributed by atoms with E-state index < -0.39 is 21.4 Å². The van der Waals surface area contributed by atoms with E-state index in [1.54, 1.807) is 45.0 Å². The average Bonchev–Trinajstić information content (AvgIpc) is 2.25. The number of likely N-dealkylation sites (tertiary alicyclic amines) is 1. The molecule has 1 atom stereocenters. The Balaban J connectivity index is 1.99. The summed E-state index contributed by atoms with van der Waals surface area (Å²) < 4.78 is 25.8. The summed E-state index contributed by atoms with van der Waals surface area (Å²) in [6, 6.07) is 8.77. The molecule has 1 aromatic carbocycles. The molecule has 1 aromatic rings. The van der Waals surface area contributed by atoms with Crippen molar-refractivity contribution in [2.24, 2.45) is 0 Å². The van der Waals surface area contributed by atoms with Crippen LogP contribution < -0.4 is 0 Å². The first-order valence-electron chi connectivity index (χ1n) is 6.51. The van der Waals surface area contributed by atoms with Crippen LogP contribution >= 0.6 is 0 Å². The lowest BCUT2D eigenvalue weighted by Crippen LogP contribution is -2.57. The van der Waals surface area contributed by atoms with Crippen LogP contribution in [-0.2, 0) is 14.5 Å². The minimum atomic E-state index is -2.86. The minimum absolute atomic E-state index is 0.312. The van der Waals surface area contributed by atoms with Crippen molar-refractivity contribution in [1.82, 2.24) is 4.90 Å². The molecule has 2 rings (SSSR count). The molecule has 0 aromatic heterocycles. The van der Waals surface area contributed by atoms with E-state index in [9.17, 15) is 9.00 Å². The van der Waals surface area contributed by atoms with Crippen molar-refractivity contribution in [2.45, 2.75) is 36.5 Å². The van der Waals surface area contributed by atoms with Crippen molar-refractivity contribution >= 4 is 15.8 Å². The summed E-state index contributed by atoms with van der Waals surface area (Å²) in [5.41, 5.74) is -0.538. The number of amides is 1. The highest BCUT2D eigenvalue weighted by Crippen LogP contribution is 2.25. The highest BCUT2D eigenvalue weighted by molar-refractivity contribution is 7.93. The summed E-state index contributed by atoms with van der Waals surface area (Å²) in [6.07, 6.45) is -0.406. The van der Waals surface area contributed by atoms with Crippen LogP contribution in [0, 0.1) is 4.78 Å². The van der Waals surface area contributed by atoms with E-state index in [1.807, 2.05) is 6.07 Å². The van der Waals surface area contributed by atoms with Crippen molar-refractivity contribution in [1.29, 1.82) is 4.78 Å². The lowest BCUT2D eigenvalue weighted by molar-refractivity contribution is 0.0140. The molecule has 1 N–H and O–H groups in total. The molecule has 1 aliphatic rings. The first kappa shape index (κ1) is 14.8. The number of hydrogen-bond donors (Lipinski definition) is 1. The Hall–Kier alpha value is -1.56. The van der Waals surface area contributed by atoms with Gasteiger partial charge in [-0.1, -0.05) is 18.2 Å². The summed E-state index contributed by atoms with van der Waals surface area (Å²) in [5.74, 6) is 0. The molecule has 0 aliphatic carbocycles. The van der Waals surface area contributed by atoms with Gasteiger partial charge in [0.2, 0.25) is 0 Å². The SMILES string of the molecule is CC(C)(C)OC(=O)N1CC(S(=N)(=O)c2ccccc2)C1. The molecule has 5 nitrogen and oxygen atoms in total. The van der Waals surface area contributed by atoms with Gasteiger partial charge in [-0.25, -0.2) is 13.8 Å². The largest absolute Gasteiger partial charge is 0.444 e. The third-order valence-corrected chi connectivity index (χ3v) is 5.27. The number of carbonyl (C=O) groups excluding carboxylic acids is 1. The second-order valence-electron chi connectivity index (χ2n) is 5.92. The van der Waals surface area contributed by atoms with Crippen molar-refractivity contribution in [2.75, 3.05) is 13.1 Å². The molecule has 1 unspecified atom stereocenters. The Morgan fingerprint density at radius 3 is 2.35 bits per heavy atom. The predicted octanol–water partition coefficient (Wildman–Crippen LogP) is 2.71. The van der Waals surface area contributed by atoms with E-state index in [0.717, 1.165) is 0 Å². The van der Waals surface area contributed by atoms with Gasteiger partial charge in [0.15, 0.2) is 0 Å². The number of nitrogens with zero attached hydrogens (tertiary/aromatic N) is 1.